The molecule has 0 radical (unpaired) electrons. The number of aliphatic carboxylic acids is 1. The van der Waals surface area contributed by atoms with Crippen molar-refractivity contribution in [1.29, 1.82) is 0 Å². The SMILES string of the molecule is CC(C)OC1C(OC2OC=C3C(=O)OC4CCC(CO)C4CSSC4C(CO)N5C=C(C(=O)O)C(NC(N)=NCCCO)=C(C=C6C#CC47CC4CC8(CCC(C8)C2(C=CCSS7)C63)NC(N)=N4)C5)OC(CO)C(O)C1(O)O. The van der Waals surface area contributed by atoms with E-state index in [4.69, 9.17) is 40.1 Å². The van der Waals surface area contributed by atoms with E-state index in [0.29, 0.717) is 74.0 Å². The molecule has 7 heterocycles. The van der Waals surface area contributed by atoms with Crippen LogP contribution in [0.4, 0.5) is 0 Å². The minimum Gasteiger partial charge on any atom is -0.478 e. The van der Waals surface area contributed by atoms with Crippen molar-refractivity contribution >= 4 is 67.0 Å². The van der Waals surface area contributed by atoms with Gasteiger partial charge in [-0.3, -0.25) is 4.99 Å². The van der Waals surface area contributed by atoms with Gasteiger partial charge >= 0.3 is 11.9 Å². The highest BCUT2D eigenvalue weighted by molar-refractivity contribution is 8.79. The second kappa shape index (κ2) is 23.3. The Morgan fingerprint density at radius 2 is 1.94 bits per heavy atom. The Balaban J connectivity index is 1.31. The number of aliphatic hydroxyl groups is 7. The number of nitrogens with two attached hydrogens (primary N) is 2. The summed E-state index contributed by atoms with van der Waals surface area (Å²) in [6, 6.07) is -1.19. The van der Waals surface area contributed by atoms with Gasteiger partial charge in [-0.2, -0.15) is 0 Å². The van der Waals surface area contributed by atoms with E-state index >= 15 is 4.79 Å². The first-order valence-electron chi connectivity index (χ1n) is 26.6. The van der Waals surface area contributed by atoms with Crippen LogP contribution >= 0.6 is 43.2 Å². The van der Waals surface area contributed by atoms with Gasteiger partial charge < -0.3 is 91.5 Å². The molecule has 10 aliphatic rings. The van der Waals surface area contributed by atoms with Gasteiger partial charge in [-0.25, -0.2) is 14.6 Å². The van der Waals surface area contributed by atoms with Crippen molar-refractivity contribution in [2.75, 3.05) is 51.0 Å². The van der Waals surface area contributed by atoms with Crippen molar-refractivity contribution in [1.82, 2.24) is 15.5 Å². The summed E-state index contributed by atoms with van der Waals surface area (Å²) in [7, 11) is 6.14. The molecule has 16 unspecified atom stereocenters. The van der Waals surface area contributed by atoms with Crippen LogP contribution in [0.1, 0.15) is 65.2 Å². The summed E-state index contributed by atoms with van der Waals surface area (Å²) < 4.78 is 31.9. The maximum atomic E-state index is 15.7. The van der Waals surface area contributed by atoms with Crippen molar-refractivity contribution in [3.63, 3.8) is 0 Å². The third-order valence-electron chi connectivity index (χ3n) is 17.0. The molecule has 0 aromatic heterocycles. The Kier molecular flexibility index (Phi) is 17.2. The first-order valence-corrected chi connectivity index (χ1v) is 31.3. The summed E-state index contributed by atoms with van der Waals surface area (Å²) in [5.41, 5.74) is 11.8. The van der Waals surface area contributed by atoms with Crippen LogP contribution in [0.25, 0.3) is 0 Å². The molecular weight excluding hydrogens is 1090 g/mol. The van der Waals surface area contributed by atoms with Gasteiger partial charge in [0.15, 0.2) is 24.3 Å². The summed E-state index contributed by atoms with van der Waals surface area (Å²) >= 11 is 0. The molecule has 1 saturated heterocycles. The van der Waals surface area contributed by atoms with Crippen LogP contribution in [-0.4, -0.2) is 197 Å². The average Bonchev–Trinajstić information content (AvgIpc) is 3.66. The number of aliphatic imine (C=N–C) groups is 2. The first-order chi connectivity index (χ1) is 37.4. The molecule has 10 bridgehead atoms. The standard InChI is InChI=1S/C52H71N7O15S4/c1-26(2)71-41-45(73-37(23-63)40(64)52(41,68)69)74-46-51-9-3-14-75-78-50(18-31-17-49(58-48(54)56-31)10-8-30(51)16-49)11-7-27-15-29-19-59(20-32(43(65)66)39(29)57-47(53)55-12-4-13-60)35(22-62)42(50)77-76-25-34-28(21-61)5-6-36(34)72-44(67)33(24-70-46)38(27)51/h3,9,15,20,24,26,28,30-31,34-38,40-42,45-46,60-64,68-69H,4-6,8,10,12-14,16-19,21-23,25H2,1-2H3,(H,65,66)(H3,53,55,57)(H3,54,56,58). The molecule has 78 heavy (non-hydrogen) atoms. The number of carbonyl (C=O) groups excluding carboxylic acids is 1. The van der Waals surface area contributed by atoms with Crippen LogP contribution in [0.3, 0.4) is 0 Å². The van der Waals surface area contributed by atoms with Crippen molar-refractivity contribution in [3.8, 4) is 11.8 Å². The van der Waals surface area contributed by atoms with Gasteiger partial charge in [0, 0.05) is 67.0 Å². The number of esters is 1. The number of carboxylic acid groups (broad SMARTS) is 1. The van der Waals surface area contributed by atoms with E-state index in [1.807, 2.05) is 17.1 Å². The van der Waals surface area contributed by atoms with Crippen LogP contribution in [-0.2, 0) is 33.3 Å². The fourth-order valence-corrected chi connectivity index (χ4v) is 20.5. The van der Waals surface area contributed by atoms with E-state index in [-0.39, 0.29) is 66.9 Å². The fraction of sp³-hybridized carbons (Fsp3) is 0.692. The van der Waals surface area contributed by atoms with E-state index in [1.54, 1.807) is 30.7 Å². The number of ether oxygens (including phenoxy) is 5. The number of fused-ring (bicyclic) bond motifs is 5. The summed E-state index contributed by atoms with van der Waals surface area (Å²) in [6.07, 6.45) is 2.26. The smallest absolute Gasteiger partial charge is 0.339 e. The lowest BCUT2D eigenvalue weighted by Gasteiger charge is -2.53. The lowest BCUT2D eigenvalue weighted by molar-refractivity contribution is -0.418. The topological polar surface area (TPSA) is 346 Å². The van der Waals surface area contributed by atoms with Crippen LogP contribution in [0.5, 0.6) is 0 Å². The Hall–Kier alpha value is -3.66. The molecule has 26 heteroatoms. The summed E-state index contributed by atoms with van der Waals surface area (Å²) in [5.74, 6) is 1.17. The maximum absolute atomic E-state index is 15.7. The summed E-state index contributed by atoms with van der Waals surface area (Å²) in [5, 5.41) is 94.8. The number of guanidine groups is 2. The van der Waals surface area contributed by atoms with Gasteiger partial charge in [-0.15, -0.1) is 0 Å². The Labute approximate surface area is 468 Å². The van der Waals surface area contributed by atoms with Crippen LogP contribution in [0.2, 0.25) is 0 Å². The molecular formula is C52H71N7O15S4. The van der Waals surface area contributed by atoms with Gasteiger partial charge in [0.2, 0.25) is 12.1 Å². The molecule has 14 N–H and O–H groups in total. The number of rotatable bonds is 12. The normalized spacial score (nSPS) is 40.0. The van der Waals surface area contributed by atoms with E-state index in [2.05, 4.69) is 27.5 Å². The molecule has 1 spiro atoms. The third kappa shape index (κ3) is 10.7. The fourth-order valence-electron chi connectivity index (χ4n) is 13.5. The number of hydrogen-bond acceptors (Lipinski definition) is 23. The molecule has 0 aromatic carbocycles. The zero-order valence-electron chi connectivity index (χ0n) is 43.3. The molecule has 3 fully saturated rings. The second-order valence-corrected chi connectivity index (χ2v) is 27.4. The highest BCUT2D eigenvalue weighted by Gasteiger charge is 2.65. The van der Waals surface area contributed by atoms with Crippen LogP contribution < -0.4 is 22.1 Å². The number of aliphatic hydroxyl groups excluding tert-OH is 5. The Bertz CT molecular complexity index is 2610. The number of carbonyl (C=O) groups is 2. The van der Waals surface area contributed by atoms with Crippen molar-refractivity contribution < 1.29 is 74.1 Å². The largest absolute Gasteiger partial charge is 0.478 e. The number of hydrogen-bond donors (Lipinski definition) is 12. The molecule has 2 saturated carbocycles. The molecule has 428 valence electrons. The van der Waals surface area contributed by atoms with Crippen molar-refractivity contribution in [3.05, 3.63) is 58.7 Å². The quantitative estimate of drug-likeness (QED) is 0.0185. The molecule has 16 atom stereocenters. The molecule has 0 aromatic rings. The lowest BCUT2D eigenvalue weighted by atomic mass is 9.58. The highest BCUT2D eigenvalue weighted by atomic mass is 33.1. The van der Waals surface area contributed by atoms with Gasteiger partial charge in [0.05, 0.1) is 65.2 Å². The number of allylic oxidation sites excluding steroid dienone is 1. The van der Waals surface area contributed by atoms with E-state index < -0.39 is 119 Å². The van der Waals surface area contributed by atoms with Gasteiger partial charge in [0.25, 0.3) is 0 Å². The number of carboxylic acids is 1. The summed E-state index contributed by atoms with van der Waals surface area (Å²) in [6.45, 7) is 1.90. The van der Waals surface area contributed by atoms with Gasteiger partial charge in [0.1, 0.15) is 23.1 Å². The predicted octanol–water partition coefficient (Wildman–Crippen LogP) is 0.531. The maximum Gasteiger partial charge on any atom is 0.339 e. The third-order valence-corrected chi connectivity index (χ3v) is 23.1. The zero-order valence-corrected chi connectivity index (χ0v) is 46.6. The van der Waals surface area contributed by atoms with Crippen molar-refractivity contribution in [2.24, 2.45) is 50.5 Å². The zero-order chi connectivity index (χ0) is 55.3. The minimum absolute atomic E-state index is 0.00307. The highest BCUT2D eigenvalue weighted by Crippen LogP contribution is 2.62. The minimum atomic E-state index is -3.03. The van der Waals surface area contributed by atoms with Crippen LogP contribution in [0, 0.1) is 40.9 Å². The number of nitrogens with one attached hydrogen (secondary N) is 2. The first kappa shape index (κ1) is 57.6. The monoisotopic (exact) mass is 1160 g/mol. The Morgan fingerprint density at radius 1 is 1.12 bits per heavy atom. The lowest BCUT2D eigenvalue weighted by Crippen LogP contribution is -2.69. The molecule has 0 amide bonds. The molecule has 10 rings (SSSR count). The van der Waals surface area contributed by atoms with E-state index in [9.17, 15) is 45.6 Å². The Morgan fingerprint density at radius 3 is 2.68 bits per heavy atom. The van der Waals surface area contributed by atoms with E-state index in [1.165, 1.54) is 44.8 Å². The van der Waals surface area contributed by atoms with Crippen molar-refractivity contribution in [2.45, 2.75) is 142 Å². The van der Waals surface area contributed by atoms with Gasteiger partial charge in [-0.1, -0.05) is 67.2 Å². The van der Waals surface area contributed by atoms with Crippen LogP contribution in [0.15, 0.2) is 68.7 Å². The molecule has 7 aliphatic heterocycles. The van der Waals surface area contributed by atoms with E-state index in [0.717, 1.165) is 0 Å². The molecule has 3 aliphatic carbocycles. The average molecular weight is 1160 g/mol. The van der Waals surface area contributed by atoms with Gasteiger partial charge in [-0.05, 0) is 88.7 Å². The number of nitrogens with zero attached hydrogens (tertiary/aromatic N) is 3. The summed E-state index contributed by atoms with van der Waals surface area (Å²) in [4.78, 5) is 40.8. The predicted molar refractivity (Wildman–Crippen MR) is 293 cm³/mol. The molecule has 22 nitrogen and oxygen atoms in total. The second-order valence-electron chi connectivity index (χ2n) is 22.2.